The highest BCUT2D eigenvalue weighted by atomic mass is 14.2. The Bertz CT molecular complexity index is 499. The van der Waals surface area contributed by atoms with Crippen LogP contribution in [0.5, 0.6) is 0 Å². The fourth-order valence-electron chi connectivity index (χ4n) is 2.22. The average molecular weight is 210 g/mol. The van der Waals surface area contributed by atoms with Crippen molar-refractivity contribution in [2.45, 2.75) is 27.2 Å². The highest BCUT2D eigenvalue weighted by Gasteiger charge is 2.13. The summed E-state index contributed by atoms with van der Waals surface area (Å²) in [7, 11) is 0. The minimum absolute atomic E-state index is 1.02. The van der Waals surface area contributed by atoms with E-state index in [0.29, 0.717) is 0 Å². The zero-order chi connectivity index (χ0) is 11.7. The summed E-state index contributed by atoms with van der Waals surface area (Å²) < 4.78 is 0. The molecule has 1 aliphatic carbocycles. The van der Waals surface area contributed by atoms with E-state index in [4.69, 9.17) is 0 Å². The maximum Gasteiger partial charge on any atom is -0.00696 e. The van der Waals surface area contributed by atoms with Crippen molar-refractivity contribution in [2.75, 3.05) is 0 Å². The highest BCUT2D eigenvalue weighted by molar-refractivity contribution is 5.82. The molecule has 1 aromatic rings. The van der Waals surface area contributed by atoms with Gasteiger partial charge < -0.3 is 0 Å². The van der Waals surface area contributed by atoms with Crippen molar-refractivity contribution in [3.8, 4) is 0 Å². The second-order valence-corrected chi connectivity index (χ2v) is 4.62. The third-order valence-electron chi connectivity index (χ3n) is 3.25. The number of aryl methyl sites for hydroxylation is 1. The van der Waals surface area contributed by atoms with Gasteiger partial charge in [-0.3, -0.25) is 0 Å². The van der Waals surface area contributed by atoms with Gasteiger partial charge in [0.05, 0.1) is 0 Å². The lowest BCUT2D eigenvalue weighted by atomic mass is 9.85. The Kier molecular flexibility index (Phi) is 2.82. The van der Waals surface area contributed by atoms with Crippen molar-refractivity contribution in [3.63, 3.8) is 0 Å². The summed E-state index contributed by atoms with van der Waals surface area (Å²) in [6, 6.07) is 8.54. The van der Waals surface area contributed by atoms with Gasteiger partial charge in [0, 0.05) is 0 Å². The van der Waals surface area contributed by atoms with E-state index in [1.54, 1.807) is 0 Å². The van der Waals surface area contributed by atoms with Crippen LogP contribution < -0.4 is 0 Å². The zero-order valence-corrected chi connectivity index (χ0v) is 10.3. The molecule has 0 N–H and O–H groups in total. The van der Waals surface area contributed by atoms with Gasteiger partial charge in [0.25, 0.3) is 0 Å². The van der Waals surface area contributed by atoms with Gasteiger partial charge in [-0.25, -0.2) is 0 Å². The quantitative estimate of drug-likeness (QED) is 0.631. The zero-order valence-electron chi connectivity index (χ0n) is 10.3. The maximum absolute atomic E-state index is 4.15. The van der Waals surface area contributed by atoms with Gasteiger partial charge in [0.15, 0.2) is 0 Å². The molecule has 0 heterocycles. The molecule has 82 valence electrons. The standard InChI is InChI=1S/C16H18/c1-11-9-13(3)14(4)16(10-11)15-8-6-5-7-12(15)2/h5-8,10H,3,9H2,1-2,4H3. The summed E-state index contributed by atoms with van der Waals surface area (Å²) >= 11 is 0. The minimum atomic E-state index is 1.02. The van der Waals surface area contributed by atoms with Crippen molar-refractivity contribution in [1.29, 1.82) is 0 Å². The maximum atomic E-state index is 4.15. The van der Waals surface area contributed by atoms with Gasteiger partial charge in [-0.05, 0) is 55.0 Å². The third kappa shape index (κ3) is 1.88. The minimum Gasteiger partial charge on any atom is -0.0952 e. The van der Waals surface area contributed by atoms with Crippen LogP contribution >= 0.6 is 0 Å². The van der Waals surface area contributed by atoms with Crippen LogP contribution in [0.3, 0.4) is 0 Å². The first-order valence-corrected chi connectivity index (χ1v) is 5.72. The summed E-state index contributed by atoms with van der Waals surface area (Å²) in [5, 5.41) is 0. The molecule has 16 heavy (non-hydrogen) atoms. The molecule has 1 aromatic carbocycles. The van der Waals surface area contributed by atoms with Gasteiger partial charge in [0.1, 0.15) is 0 Å². The molecular formula is C16H18. The summed E-state index contributed by atoms with van der Waals surface area (Å²) in [6.07, 6.45) is 3.31. The molecule has 0 saturated carbocycles. The molecule has 0 saturated heterocycles. The van der Waals surface area contributed by atoms with Crippen molar-refractivity contribution in [3.05, 3.63) is 64.8 Å². The van der Waals surface area contributed by atoms with Crippen LogP contribution in [0.1, 0.15) is 31.4 Å². The first-order valence-electron chi connectivity index (χ1n) is 5.72. The Labute approximate surface area is 98.0 Å². The molecule has 0 heteroatoms. The van der Waals surface area contributed by atoms with E-state index < -0.39 is 0 Å². The van der Waals surface area contributed by atoms with E-state index in [1.165, 1.54) is 33.4 Å². The Morgan fingerprint density at radius 3 is 2.44 bits per heavy atom. The van der Waals surface area contributed by atoms with Gasteiger partial charge in [-0.1, -0.05) is 42.5 Å². The van der Waals surface area contributed by atoms with Crippen LogP contribution in [-0.4, -0.2) is 0 Å². The van der Waals surface area contributed by atoms with E-state index in [0.717, 1.165) is 6.42 Å². The summed E-state index contributed by atoms with van der Waals surface area (Å²) in [5.41, 5.74) is 7.98. The SMILES string of the molecule is C=C1CC(C)=CC(c2ccccc2C)=C1C. The number of rotatable bonds is 1. The molecule has 0 unspecified atom stereocenters. The summed E-state index contributed by atoms with van der Waals surface area (Å²) in [5.74, 6) is 0. The second kappa shape index (κ2) is 4.13. The molecule has 0 radical (unpaired) electrons. The Balaban J connectivity index is 2.60. The number of allylic oxidation sites excluding steroid dienone is 5. The predicted octanol–water partition coefficient (Wildman–Crippen LogP) is 4.67. The van der Waals surface area contributed by atoms with Crippen molar-refractivity contribution >= 4 is 5.57 Å². The fourth-order valence-corrected chi connectivity index (χ4v) is 2.22. The molecule has 0 nitrogen and oxygen atoms in total. The van der Waals surface area contributed by atoms with Crippen molar-refractivity contribution in [1.82, 2.24) is 0 Å². The van der Waals surface area contributed by atoms with Crippen LogP contribution in [0.25, 0.3) is 5.57 Å². The average Bonchev–Trinajstić information content (AvgIpc) is 2.24. The van der Waals surface area contributed by atoms with E-state index in [2.05, 4.69) is 57.7 Å². The van der Waals surface area contributed by atoms with Crippen molar-refractivity contribution in [2.24, 2.45) is 0 Å². The molecule has 0 amide bonds. The van der Waals surface area contributed by atoms with Crippen LogP contribution in [0.4, 0.5) is 0 Å². The molecular weight excluding hydrogens is 192 g/mol. The molecule has 2 rings (SSSR count). The highest BCUT2D eigenvalue weighted by Crippen LogP contribution is 2.34. The molecule has 0 aromatic heterocycles. The molecule has 0 aliphatic heterocycles. The van der Waals surface area contributed by atoms with Gasteiger partial charge in [-0.15, -0.1) is 0 Å². The summed E-state index contributed by atoms with van der Waals surface area (Å²) in [6.45, 7) is 10.7. The Morgan fingerprint density at radius 1 is 1.06 bits per heavy atom. The molecule has 1 aliphatic rings. The van der Waals surface area contributed by atoms with Gasteiger partial charge in [0.2, 0.25) is 0 Å². The third-order valence-corrected chi connectivity index (χ3v) is 3.25. The Hall–Kier alpha value is -1.56. The van der Waals surface area contributed by atoms with E-state index >= 15 is 0 Å². The number of benzene rings is 1. The van der Waals surface area contributed by atoms with Gasteiger partial charge in [-0.2, -0.15) is 0 Å². The predicted molar refractivity (Wildman–Crippen MR) is 71.3 cm³/mol. The number of hydrogen-bond acceptors (Lipinski definition) is 0. The second-order valence-electron chi connectivity index (χ2n) is 4.62. The monoisotopic (exact) mass is 210 g/mol. The summed E-state index contributed by atoms with van der Waals surface area (Å²) in [4.78, 5) is 0. The number of hydrogen-bond donors (Lipinski definition) is 0. The lowest BCUT2D eigenvalue weighted by Crippen LogP contribution is -1.99. The first-order chi connectivity index (χ1) is 7.59. The molecule has 0 atom stereocenters. The normalized spacial score (nSPS) is 16.4. The molecule has 0 bridgehead atoms. The largest absolute Gasteiger partial charge is 0.0952 e. The van der Waals surface area contributed by atoms with Crippen LogP contribution in [0, 0.1) is 6.92 Å². The van der Waals surface area contributed by atoms with Crippen LogP contribution in [-0.2, 0) is 0 Å². The topological polar surface area (TPSA) is 0 Å². The lowest BCUT2D eigenvalue weighted by molar-refractivity contribution is 1.10. The smallest absolute Gasteiger partial charge is 0.00696 e. The fraction of sp³-hybridized carbons (Fsp3) is 0.250. The van der Waals surface area contributed by atoms with Crippen LogP contribution in [0.15, 0.2) is 53.6 Å². The van der Waals surface area contributed by atoms with E-state index in [-0.39, 0.29) is 0 Å². The Morgan fingerprint density at radius 2 is 1.75 bits per heavy atom. The molecule has 0 fully saturated rings. The van der Waals surface area contributed by atoms with Crippen LogP contribution in [0.2, 0.25) is 0 Å². The van der Waals surface area contributed by atoms with E-state index in [9.17, 15) is 0 Å². The van der Waals surface area contributed by atoms with Gasteiger partial charge >= 0.3 is 0 Å². The van der Waals surface area contributed by atoms with Crippen molar-refractivity contribution < 1.29 is 0 Å². The first kappa shape index (κ1) is 10.9. The lowest BCUT2D eigenvalue weighted by Gasteiger charge is -2.19. The van der Waals surface area contributed by atoms with E-state index in [1.807, 2.05) is 0 Å². The molecule has 0 spiro atoms.